The molecule has 0 saturated carbocycles. The van der Waals surface area contributed by atoms with Crippen LogP contribution in [0.5, 0.6) is 0 Å². The predicted molar refractivity (Wildman–Crippen MR) is 90.7 cm³/mol. The van der Waals surface area contributed by atoms with Crippen molar-refractivity contribution in [2.75, 3.05) is 23.8 Å². The van der Waals surface area contributed by atoms with Crippen LogP contribution in [0.2, 0.25) is 0 Å². The summed E-state index contributed by atoms with van der Waals surface area (Å²) in [5.74, 6) is -1.26. The van der Waals surface area contributed by atoms with Gasteiger partial charge in [-0.1, -0.05) is 24.3 Å². The maximum atomic E-state index is 12.9. The lowest BCUT2D eigenvalue weighted by atomic mass is 10.1. The number of benzene rings is 2. The highest BCUT2D eigenvalue weighted by Gasteiger charge is 2.33. The maximum absolute atomic E-state index is 12.9. The third-order valence-electron chi connectivity index (χ3n) is 3.27. The van der Waals surface area contributed by atoms with Gasteiger partial charge in [-0.15, -0.1) is 0 Å². The second-order valence-electron chi connectivity index (χ2n) is 5.50. The van der Waals surface area contributed by atoms with Gasteiger partial charge in [-0.3, -0.25) is 9.59 Å². The highest BCUT2D eigenvalue weighted by Crippen LogP contribution is 2.34. The molecule has 2 amide bonds. The fourth-order valence-corrected chi connectivity index (χ4v) is 2.18. The standard InChI is InChI=1S/C18H17F3N2O3/c1-12-5-4-6-13(9-12)22-16(24)10-26-11-17(25)23-15-8-3-2-7-14(15)18(19,20)21/h2-9H,10-11H2,1H3,(H,22,24)(H,23,25). The van der Waals surface area contributed by atoms with Gasteiger partial charge >= 0.3 is 6.18 Å². The number of para-hydroxylation sites is 1. The van der Waals surface area contributed by atoms with E-state index in [4.69, 9.17) is 4.74 Å². The summed E-state index contributed by atoms with van der Waals surface area (Å²) in [6.07, 6.45) is -4.58. The number of carbonyl (C=O) groups excluding carboxylic acids is 2. The normalized spacial score (nSPS) is 11.1. The molecule has 138 valence electrons. The zero-order valence-electron chi connectivity index (χ0n) is 13.9. The van der Waals surface area contributed by atoms with E-state index in [-0.39, 0.29) is 5.69 Å². The molecule has 2 N–H and O–H groups in total. The van der Waals surface area contributed by atoms with Crippen molar-refractivity contribution in [3.05, 3.63) is 59.7 Å². The van der Waals surface area contributed by atoms with Gasteiger partial charge in [0.25, 0.3) is 0 Å². The smallest absolute Gasteiger partial charge is 0.362 e. The molecule has 0 aliphatic rings. The van der Waals surface area contributed by atoms with Gasteiger partial charge in [-0.05, 0) is 36.8 Å². The lowest BCUT2D eigenvalue weighted by Crippen LogP contribution is -2.24. The van der Waals surface area contributed by atoms with E-state index in [0.717, 1.165) is 17.7 Å². The zero-order chi connectivity index (χ0) is 19.2. The van der Waals surface area contributed by atoms with Crippen LogP contribution in [-0.4, -0.2) is 25.0 Å². The molecule has 0 aliphatic carbocycles. The van der Waals surface area contributed by atoms with Crippen LogP contribution in [0, 0.1) is 6.92 Å². The van der Waals surface area contributed by atoms with E-state index in [1.165, 1.54) is 12.1 Å². The molecule has 8 heteroatoms. The molecule has 2 aromatic rings. The largest absolute Gasteiger partial charge is 0.418 e. The Morgan fingerprint density at radius 1 is 0.962 bits per heavy atom. The molecule has 5 nitrogen and oxygen atoms in total. The van der Waals surface area contributed by atoms with Crippen molar-refractivity contribution < 1.29 is 27.5 Å². The van der Waals surface area contributed by atoms with Gasteiger partial charge in [-0.25, -0.2) is 0 Å². The monoisotopic (exact) mass is 366 g/mol. The van der Waals surface area contributed by atoms with Crippen LogP contribution in [0.25, 0.3) is 0 Å². The van der Waals surface area contributed by atoms with Crippen molar-refractivity contribution in [2.45, 2.75) is 13.1 Å². The fraction of sp³-hybridized carbons (Fsp3) is 0.222. The number of carbonyl (C=O) groups is 2. The van der Waals surface area contributed by atoms with Crippen molar-refractivity contribution >= 4 is 23.2 Å². The molecule has 26 heavy (non-hydrogen) atoms. The van der Waals surface area contributed by atoms with Crippen LogP contribution in [-0.2, 0) is 20.5 Å². The van der Waals surface area contributed by atoms with Crippen molar-refractivity contribution in [1.82, 2.24) is 0 Å². The summed E-state index contributed by atoms with van der Waals surface area (Å²) < 4.78 is 43.5. The fourth-order valence-electron chi connectivity index (χ4n) is 2.18. The van der Waals surface area contributed by atoms with E-state index in [9.17, 15) is 22.8 Å². The van der Waals surface area contributed by atoms with Crippen molar-refractivity contribution in [3.63, 3.8) is 0 Å². The van der Waals surface area contributed by atoms with Gasteiger partial charge in [0.2, 0.25) is 11.8 Å². The number of nitrogens with one attached hydrogen (secondary N) is 2. The highest BCUT2D eigenvalue weighted by atomic mass is 19.4. The molecule has 0 spiro atoms. The molecular weight excluding hydrogens is 349 g/mol. The minimum Gasteiger partial charge on any atom is -0.362 e. The van der Waals surface area contributed by atoms with Crippen molar-refractivity contribution in [1.29, 1.82) is 0 Å². The SMILES string of the molecule is Cc1cccc(NC(=O)COCC(=O)Nc2ccccc2C(F)(F)F)c1. The minimum absolute atomic E-state index is 0.363. The molecular formula is C18H17F3N2O3. The molecule has 0 heterocycles. The molecule has 2 aromatic carbocycles. The molecule has 0 unspecified atom stereocenters. The molecule has 0 aliphatic heterocycles. The molecule has 0 bridgehead atoms. The molecule has 0 radical (unpaired) electrons. The molecule has 2 rings (SSSR count). The summed E-state index contributed by atoms with van der Waals surface area (Å²) in [6.45, 7) is 0.922. The first-order chi connectivity index (χ1) is 12.3. The number of ether oxygens (including phenoxy) is 1. The summed E-state index contributed by atoms with van der Waals surface area (Å²) in [5, 5.41) is 4.72. The number of aryl methyl sites for hydroxylation is 1. The summed E-state index contributed by atoms with van der Waals surface area (Å²) in [7, 11) is 0. The van der Waals surface area contributed by atoms with Crippen LogP contribution >= 0.6 is 0 Å². The topological polar surface area (TPSA) is 67.4 Å². The molecule has 0 atom stereocenters. The van der Waals surface area contributed by atoms with E-state index in [0.29, 0.717) is 5.69 Å². The van der Waals surface area contributed by atoms with Gasteiger partial charge in [-0.2, -0.15) is 13.2 Å². The quantitative estimate of drug-likeness (QED) is 0.821. The van der Waals surface area contributed by atoms with Crippen LogP contribution in [0.4, 0.5) is 24.5 Å². The van der Waals surface area contributed by atoms with Crippen LogP contribution in [0.1, 0.15) is 11.1 Å². The Kier molecular flexibility index (Phi) is 6.35. The number of rotatable bonds is 6. The molecule has 0 aromatic heterocycles. The number of amides is 2. The van der Waals surface area contributed by atoms with Gasteiger partial charge < -0.3 is 15.4 Å². The average Bonchev–Trinajstić information content (AvgIpc) is 2.54. The highest BCUT2D eigenvalue weighted by molar-refractivity contribution is 5.94. The van der Waals surface area contributed by atoms with Crippen molar-refractivity contribution in [3.8, 4) is 0 Å². The van der Waals surface area contributed by atoms with E-state index < -0.39 is 36.8 Å². The summed E-state index contributed by atoms with van der Waals surface area (Å²) in [5.41, 5.74) is 0.233. The Morgan fingerprint density at radius 2 is 1.62 bits per heavy atom. The Hall–Kier alpha value is -2.87. The van der Waals surface area contributed by atoms with Crippen molar-refractivity contribution in [2.24, 2.45) is 0 Å². The van der Waals surface area contributed by atoms with Crippen LogP contribution in [0.3, 0.4) is 0 Å². The van der Waals surface area contributed by atoms with E-state index >= 15 is 0 Å². The van der Waals surface area contributed by atoms with E-state index in [2.05, 4.69) is 10.6 Å². The molecule has 0 fully saturated rings. The third kappa shape index (κ3) is 5.89. The zero-order valence-corrected chi connectivity index (χ0v) is 13.9. The first-order valence-electron chi connectivity index (χ1n) is 7.66. The first-order valence-corrected chi connectivity index (χ1v) is 7.66. The molecule has 0 saturated heterocycles. The Bertz CT molecular complexity index is 791. The second-order valence-corrected chi connectivity index (χ2v) is 5.50. The summed E-state index contributed by atoms with van der Waals surface area (Å²) in [4.78, 5) is 23.5. The van der Waals surface area contributed by atoms with E-state index in [1.807, 2.05) is 13.0 Å². The second kappa shape index (κ2) is 8.48. The third-order valence-corrected chi connectivity index (χ3v) is 3.27. The Labute approximate surface area is 148 Å². The Balaban J connectivity index is 1.82. The lowest BCUT2D eigenvalue weighted by molar-refractivity contribution is -0.137. The first kappa shape index (κ1) is 19.5. The van der Waals surface area contributed by atoms with Crippen LogP contribution in [0.15, 0.2) is 48.5 Å². The minimum atomic E-state index is -4.58. The average molecular weight is 366 g/mol. The number of anilines is 2. The number of halogens is 3. The van der Waals surface area contributed by atoms with Gasteiger partial charge in [0.15, 0.2) is 0 Å². The van der Waals surface area contributed by atoms with Gasteiger partial charge in [0.05, 0.1) is 11.3 Å². The lowest BCUT2D eigenvalue weighted by Gasteiger charge is -2.13. The maximum Gasteiger partial charge on any atom is 0.418 e. The van der Waals surface area contributed by atoms with Crippen LogP contribution < -0.4 is 10.6 Å². The number of hydrogen-bond donors (Lipinski definition) is 2. The predicted octanol–water partition coefficient (Wildman–Crippen LogP) is 3.61. The number of alkyl halides is 3. The number of hydrogen-bond acceptors (Lipinski definition) is 3. The van der Waals surface area contributed by atoms with Gasteiger partial charge in [0, 0.05) is 5.69 Å². The Morgan fingerprint density at radius 3 is 2.27 bits per heavy atom. The van der Waals surface area contributed by atoms with Gasteiger partial charge in [0.1, 0.15) is 13.2 Å². The van der Waals surface area contributed by atoms with E-state index in [1.54, 1.807) is 18.2 Å². The summed E-state index contributed by atoms with van der Waals surface area (Å²) >= 11 is 0. The summed E-state index contributed by atoms with van der Waals surface area (Å²) in [6, 6.07) is 11.7.